The number of aldehydes is 1. The first kappa shape index (κ1) is 12.8. The van der Waals surface area contributed by atoms with Crippen LogP contribution in [0.25, 0.3) is 22.2 Å². The summed E-state index contributed by atoms with van der Waals surface area (Å²) in [6.45, 7) is 0. The number of aromatic nitrogens is 1. The Balaban J connectivity index is 2.33. The molecule has 0 fully saturated rings. The lowest BCUT2D eigenvalue weighted by atomic mass is 10.1. The highest BCUT2D eigenvalue weighted by molar-refractivity contribution is 6.35. The molecule has 0 amide bonds. The maximum absolute atomic E-state index is 13.4. The number of H-pyrrole nitrogens is 1. The standard InChI is InChI=1S/C15H8ClF2NO/c16-13-6-10(18)5-11-12(7-20)14(19-15(11)13)8-1-3-9(17)4-2-8/h1-7,19H. The van der Waals surface area contributed by atoms with Crippen molar-refractivity contribution in [1.82, 2.24) is 4.98 Å². The lowest BCUT2D eigenvalue weighted by Crippen LogP contribution is -1.85. The van der Waals surface area contributed by atoms with Crippen molar-refractivity contribution in [2.45, 2.75) is 0 Å². The van der Waals surface area contributed by atoms with Crippen molar-refractivity contribution in [2.24, 2.45) is 0 Å². The van der Waals surface area contributed by atoms with E-state index in [1.54, 1.807) is 0 Å². The second kappa shape index (κ2) is 4.72. The molecule has 0 radical (unpaired) electrons. The molecule has 2 nitrogen and oxygen atoms in total. The largest absolute Gasteiger partial charge is 0.353 e. The summed E-state index contributed by atoms with van der Waals surface area (Å²) in [6, 6.07) is 8.07. The van der Waals surface area contributed by atoms with Gasteiger partial charge in [-0.2, -0.15) is 0 Å². The Bertz CT molecular complexity index is 809. The Hall–Kier alpha value is -2.20. The van der Waals surface area contributed by atoms with Crippen LogP contribution in [-0.4, -0.2) is 11.3 Å². The fraction of sp³-hybridized carbons (Fsp3) is 0. The van der Waals surface area contributed by atoms with Crippen molar-refractivity contribution in [3.05, 3.63) is 58.6 Å². The van der Waals surface area contributed by atoms with Gasteiger partial charge in [-0.15, -0.1) is 0 Å². The summed E-state index contributed by atoms with van der Waals surface area (Å²) in [5.74, 6) is -0.892. The van der Waals surface area contributed by atoms with Crippen LogP contribution >= 0.6 is 11.6 Å². The molecule has 0 saturated carbocycles. The molecule has 0 atom stereocenters. The third kappa shape index (κ3) is 1.98. The summed E-state index contributed by atoms with van der Waals surface area (Å²) < 4.78 is 26.4. The highest BCUT2D eigenvalue weighted by Crippen LogP contribution is 2.33. The van der Waals surface area contributed by atoms with Gasteiger partial charge in [0.25, 0.3) is 0 Å². The lowest BCUT2D eigenvalue weighted by molar-refractivity contribution is 0.112. The minimum absolute atomic E-state index is 0.191. The fourth-order valence-corrected chi connectivity index (χ4v) is 2.46. The van der Waals surface area contributed by atoms with E-state index in [4.69, 9.17) is 11.6 Å². The Kier molecular flexibility index (Phi) is 3.03. The molecule has 3 aromatic rings. The van der Waals surface area contributed by atoms with Crippen molar-refractivity contribution in [2.75, 3.05) is 0 Å². The molecule has 0 bridgehead atoms. The number of benzene rings is 2. The van der Waals surface area contributed by atoms with Crippen LogP contribution in [0.5, 0.6) is 0 Å². The van der Waals surface area contributed by atoms with Crippen LogP contribution in [0.3, 0.4) is 0 Å². The molecule has 0 aliphatic carbocycles. The van der Waals surface area contributed by atoms with Crippen LogP contribution in [0.15, 0.2) is 36.4 Å². The molecule has 0 saturated heterocycles. The number of aromatic amines is 1. The molecule has 5 heteroatoms. The second-order valence-electron chi connectivity index (χ2n) is 4.35. The van der Waals surface area contributed by atoms with Gasteiger partial charge in [-0.3, -0.25) is 4.79 Å². The van der Waals surface area contributed by atoms with Gasteiger partial charge in [0.15, 0.2) is 6.29 Å². The van der Waals surface area contributed by atoms with E-state index in [-0.39, 0.29) is 10.8 Å². The zero-order valence-electron chi connectivity index (χ0n) is 10.1. The Morgan fingerprint density at radius 3 is 2.40 bits per heavy atom. The summed E-state index contributed by atoms with van der Waals surface area (Å²) in [6.07, 6.45) is 0.632. The molecule has 100 valence electrons. The maximum Gasteiger partial charge on any atom is 0.152 e. The van der Waals surface area contributed by atoms with E-state index in [0.29, 0.717) is 34.0 Å². The first-order chi connectivity index (χ1) is 9.60. The summed E-state index contributed by atoms with van der Waals surface area (Å²) >= 11 is 5.97. The highest BCUT2D eigenvalue weighted by atomic mass is 35.5. The smallest absolute Gasteiger partial charge is 0.152 e. The van der Waals surface area contributed by atoms with Crippen molar-refractivity contribution >= 4 is 28.8 Å². The van der Waals surface area contributed by atoms with Gasteiger partial charge in [-0.25, -0.2) is 8.78 Å². The van der Waals surface area contributed by atoms with Gasteiger partial charge in [0, 0.05) is 10.9 Å². The number of fused-ring (bicyclic) bond motifs is 1. The zero-order valence-corrected chi connectivity index (χ0v) is 10.8. The summed E-state index contributed by atoms with van der Waals surface area (Å²) in [4.78, 5) is 14.3. The fourth-order valence-electron chi connectivity index (χ4n) is 2.21. The molecule has 2 aromatic carbocycles. The first-order valence-corrected chi connectivity index (χ1v) is 6.20. The van der Waals surface area contributed by atoms with Crippen molar-refractivity contribution < 1.29 is 13.6 Å². The van der Waals surface area contributed by atoms with Gasteiger partial charge < -0.3 is 4.98 Å². The SMILES string of the molecule is O=Cc1c(-c2ccc(F)cc2)[nH]c2c(Cl)cc(F)cc12. The third-order valence-corrected chi connectivity index (χ3v) is 3.41. The van der Waals surface area contributed by atoms with Gasteiger partial charge in [0.2, 0.25) is 0 Å². The van der Waals surface area contributed by atoms with Crippen molar-refractivity contribution in [3.8, 4) is 11.3 Å². The second-order valence-corrected chi connectivity index (χ2v) is 4.76. The van der Waals surface area contributed by atoms with Crippen LogP contribution in [0.4, 0.5) is 8.78 Å². The van der Waals surface area contributed by atoms with E-state index in [0.717, 1.165) is 0 Å². The van der Waals surface area contributed by atoms with E-state index in [1.807, 2.05) is 0 Å². The summed E-state index contributed by atoms with van der Waals surface area (Å²) in [5.41, 5.74) is 1.89. The van der Waals surface area contributed by atoms with E-state index in [2.05, 4.69) is 4.98 Å². The summed E-state index contributed by atoms with van der Waals surface area (Å²) in [5, 5.41) is 0.598. The molecule has 3 rings (SSSR count). The minimum atomic E-state index is -0.518. The first-order valence-electron chi connectivity index (χ1n) is 5.82. The van der Waals surface area contributed by atoms with E-state index < -0.39 is 5.82 Å². The minimum Gasteiger partial charge on any atom is -0.353 e. The molecule has 0 aliphatic rings. The van der Waals surface area contributed by atoms with Gasteiger partial charge in [0.1, 0.15) is 11.6 Å². The van der Waals surface area contributed by atoms with Crippen LogP contribution in [0.1, 0.15) is 10.4 Å². The van der Waals surface area contributed by atoms with Crippen molar-refractivity contribution in [3.63, 3.8) is 0 Å². The quantitative estimate of drug-likeness (QED) is 0.689. The number of nitrogens with one attached hydrogen (secondary N) is 1. The number of carbonyl (C=O) groups is 1. The molecular formula is C15H8ClF2NO. The van der Waals surface area contributed by atoms with Gasteiger partial charge in [-0.1, -0.05) is 11.6 Å². The Labute approximate surface area is 118 Å². The Morgan fingerprint density at radius 2 is 1.75 bits per heavy atom. The number of halogens is 3. The molecular weight excluding hydrogens is 284 g/mol. The number of hydrogen-bond acceptors (Lipinski definition) is 1. The lowest BCUT2D eigenvalue weighted by Gasteiger charge is -1.99. The maximum atomic E-state index is 13.4. The predicted octanol–water partition coefficient (Wildman–Crippen LogP) is 4.58. The normalized spacial score (nSPS) is 10.9. The van der Waals surface area contributed by atoms with Crippen LogP contribution in [0, 0.1) is 11.6 Å². The molecule has 0 spiro atoms. The van der Waals surface area contributed by atoms with E-state index in [9.17, 15) is 13.6 Å². The molecule has 20 heavy (non-hydrogen) atoms. The van der Waals surface area contributed by atoms with E-state index in [1.165, 1.54) is 36.4 Å². The molecule has 1 heterocycles. The number of rotatable bonds is 2. The van der Waals surface area contributed by atoms with Crippen LogP contribution < -0.4 is 0 Å². The number of carbonyl (C=O) groups excluding carboxylic acids is 1. The predicted molar refractivity (Wildman–Crippen MR) is 74.0 cm³/mol. The number of hydrogen-bond donors (Lipinski definition) is 1. The van der Waals surface area contributed by atoms with Gasteiger partial charge in [-0.05, 0) is 42.0 Å². The Morgan fingerprint density at radius 1 is 1.05 bits per heavy atom. The highest BCUT2D eigenvalue weighted by Gasteiger charge is 2.15. The summed E-state index contributed by atoms with van der Waals surface area (Å²) in [7, 11) is 0. The van der Waals surface area contributed by atoms with Crippen LogP contribution in [0.2, 0.25) is 5.02 Å². The average Bonchev–Trinajstić information content (AvgIpc) is 2.78. The van der Waals surface area contributed by atoms with E-state index >= 15 is 0 Å². The molecule has 0 unspecified atom stereocenters. The van der Waals surface area contributed by atoms with Gasteiger partial charge in [0.05, 0.1) is 16.2 Å². The molecule has 1 N–H and O–H groups in total. The topological polar surface area (TPSA) is 32.9 Å². The monoisotopic (exact) mass is 291 g/mol. The third-order valence-electron chi connectivity index (χ3n) is 3.12. The molecule has 1 aromatic heterocycles. The molecule has 0 aliphatic heterocycles. The average molecular weight is 292 g/mol. The van der Waals surface area contributed by atoms with Crippen molar-refractivity contribution in [1.29, 1.82) is 0 Å². The zero-order chi connectivity index (χ0) is 14.3. The van der Waals surface area contributed by atoms with Crippen LogP contribution in [-0.2, 0) is 0 Å². The van der Waals surface area contributed by atoms with Gasteiger partial charge >= 0.3 is 0 Å².